The van der Waals surface area contributed by atoms with Crippen LogP contribution in [-0.4, -0.2) is 21.4 Å². The maximum Gasteiger partial charge on any atom is 0.161 e. The predicted octanol–water partition coefficient (Wildman–Crippen LogP) is 4.90. The topological polar surface area (TPSA) is 37.5 Å². The Bertz CT molecular complexity index is 843. The molecule has 2 heterocycles. The Morgan fingerprint density at radius 1 is 1.19 bits per heavy atom. The summed E-state index contributed by atoms with van der Waals surface area (Å²) in [6.45, 7) is 0.910. The van der Waals surface area contributed by atoms with Gasteiger partial charge < -0.3 is 9.73 Å². The van der Waals surface area contributed by atoms with E-state index in [1.165, 1.54) is 0 Å². The number of anilines is 1. The zero-order valence-electron chi connectivity index (χ0n) is 11.2. The quantitative estimate of drug-likeness (QED) is 0.484. The average Bonchev–Trinajstić information content (AvgIpc) is 3.11. The summed E-state index contributed by atoms with van der Waals surface area (Å²) < 4.78 is 6.98. The van der Waals surface area contributed by atoms with Crippen LogP contribution in [-0.2, 0) is 0 Å². The molecule has 0 radical (unpaired) electrons. The third-order valence-corrected chi connectivity index (χ3v) is 6.28. The van der Waals surface area contributed by atoms with Crippen molar-refractivity contribution in [2.45, 2.75) is 5.25 Å². The number of benzene rings is 2. The van der Waals surface area contributed by atoms with Gasteiger partial charge in [0.05, 0.1) is 6.54 Å². The van der Waals surface area contributed by atoms with Gasteiger partial charge in [0.1, 0.15) is 11.2 Å². The van der Waals surface area contributed by atoms with E-state index in [0.29, 0.717) is 5.25 Å². The van der Waals surface area contributed by atoms with Crippen LogP contribution in [0.3, 0.4) is 0 Å². The lowest BCUT2D eigenvalue weighted by molar-refractivity contribution is 0.669. The van der Waals surface area contributed by atoms with Crippen molar-refractivity contribution < 1.29 is 4.42 Å². The van der Waals surface area contributed by atoms with Crippen molar-refractivity contribution in [3.05, 3.63) is 42.5 Å². The summed E-state index contributed by atoms with van der Waals surface area (Å²) >= 11 is 4.24. The number of fused-ring (bicyclic) bond motifs is 3. The van der Waals surface area contributed by atoms with Crippen LogP contribution in [0.2, 0.25) is 0 Å². The van der Waals surface area contributed by atoms with Gasteiger partial charge in [-0.3, -0.25) is 4.99 Å². The average molecular weight is 408 g/mol. The molecule has 1 aliphatic rings. The Balaban J connectivity index is 1.69. The normalized spacial score (nSPS) is 18.3. The Hall–Kier alpha value is -1.21. The minimum absolute atomic E-state index is 0.603. The Kier molecular flexibility index (Phi) is 3.54. The van der Waals surface area contributed by atoms with Crippen molar-refractivity contribution >= 4 is 67.1 Å². The van der Waals surface area contributed by atoms with Crippen molar-refractivity contribution in [2.75, 3.05) is 16.3 Å². The van der Waals surface area contributed by atoms with E-state index in [1.54, 1.807) is 0 Å². The number of thioether (sulfide) groups is 1. The highest BCUT2D eigenvalue weighted by atomic mass is 127. The molecule has 5 heteroatoms. The number of hydrogen-bond donors (Lipinski definition) is 1. The highest BCUT2D eigenvalue weighted by molar-refractivity contribution is 14.1. The van der Waals surface area contributed by atoms with Crippen molar-refractivity contribution in [1.29, 1.82) is 0 Å². The van der Waals surface area contributed by atoms with Gasteiger partial charge in [-0.15, -0.1) is 0 Å². The van der Waals surface area contributed by atoms with Crippen molar-refractivity contribution in [2.24, 2.45) is 4.99 Å². The number of furan rings is 1. The lowest BCUT2D eigenvalue weighted by atomic mass is 10.1. The molecule has 21 heavy (non-hydrogen) atoms. The molecule has 0 saturated heterocycles. The second-order valence-electron chi connectivity index (χ2n) is 4.97. The molecular weight excluding hydrogens is 395 g/mol. The fraction of sp³-hybridized carbons (Fsp3) is 0.188. The monoisotopic (exact) mass is 408 g/mol. The Morgan fingerprint density at radius 3 is 2.90 bits per heavy atom. The lowest BCUT2D eigenvalue weighted by Gasteiger charge is -2.06. The van der Waals surface area contributed by atoms with Gasteiger partial charge in [0.25, 0.3) is 0 Å². The molecule has 0 amide bonds. The van der Waals surface area contributed by atoms with Crippen LogP contribution in [0.4, 0.5) is 5.69 Å². The predicted molar refractivity (Wildman–Crippen MR) is 99.9 cm³/mol. The van der Waals surface area contributed by atoms with Gasteiger partial charge in [-0.2, -0.15) is 0 Å². The molecule has 4 rings (SSSR count). The van der Waals surface area contributed by atoms with Crippen molar-refractivity contribution in [3.8, 4) is 0 Å². The van der Waals surface area contributed by atoms with Crippen molar-refractivity contribution in [1.82, 2.24) is 0 Å². The Morgan fingerprint density at radius 2 is 2.05 bits per heavy atom. The number of rotatable bonds is 2. The molecule has 0 unspecified atom stereocenters. The first-order valence-electron chi connectivity index (χ1n) is 6.79. The SMILES string of the molecule is IC[C@@H]1CN=C(Nc2ccc3oc4ccccc4c3c2)S1. The van der Waals surface area contributed by atoms with Crippen LogP contribution in [0.1, 0.15) is 0 Å². The van der Waals surface area contributed by atoms with E-state index in [2.05, 4.69) is 45.0 Å². The van der Waals surface area contributed by atoms with Crippen LogP contribution < -0.4 is 5.32 Å². The fourth-order valence-electron chi connectivity index (χ4n) is 2.49. The molecule has 1 atom stereocenters. The summed E-state index contributed by atoms with van der Waals surface area (Å²) in [5.74, 6) is 0. The first-order valence-corrected chi connectivity index (χ1v) is 9.19. The van der Waals surface area contributed by atoms with E-state index in [1.807, 2.05) is 42.1 Å². The third kappa shape index (κ3) is 2.53. The van der Waals surface area contributed by atoms with E-state index in [0.717, 1.165) is 43.8 Å². The smallest absolute Gasteiger partial charge is 0.161 e. The maximum absolute atomic E-state index is 5.85. The molecule has 3 aromatic rings. The summed E-state index contributed by atoms with van der Waals surface area (Å²) in [7, 11) is 0. The highest BCUT2D eigenvalue weighted by Crippen LogP contribution is 2.31. The number of hydrogen-bond acceptors (Lipinski definition) is 4. The van der Waals surface area contributed by atoms with Gasteiger partial charge in [0.2, 0.25) is 0 Å². The minimum atomic E-state index is 0.603. The van der Waals surface area contributed by atoms with Crippen molar-refractivity contribution in [3.63, 3.8) is 0 Å². The van der Waals surface area contributed by atoms with Gasteiger partial charge in [-0.1, -0.05) is 52.6 Å². The second-order valence-corrected chi connectivity index (χ2v) is 7.14. The number of para-hydroxylation sites is 1. The molecule has 0 fully saturated rings. The van der Waals surface area contributed by atoms with Crippen LogP contribution in [0.25, 0.3) is 21.9 Å². The number of nitrogens with zero attached hydrogens (tertiary/aromatic N) is 1. The highest BCUT2D eigenvalue weighted by Gasteiger charge is 2.18. The molecule has 106 valence electrons. The van der Waals surface area contributed by atoms with Crippen LogP contribution in [0.15, 0.2) is 51.9 Å². The summed E-state index contributed by atoms with van der Waals surface area (Å²) in [4.78, 5) is 4.55. The first-order chi connectivity index (χ1) is 10.3. The molecule has 0 saturated carbocycles. The van der Waals surface area contributed by atoms with Gasteiger partial charge in [-0.25, -0.2) is 0 Å². The van der Waals surface area contributed by atoms with Crippen LogP contribution in [0, 0.1) is 0 Å². The molecule has 0 spiro atoms. The van der Waals surface area contributed by atoms with Gasteiger partial charge in [-0.05, 0) is 24.3 Å². The molecule has 1 aromatic heterocycles. The number of amidine groups is 1. The zero-order valence-corrected chi connectivity index (χ0v) is 14.1. The number of aliphatic imine (C=N–C) groups is 1. The number of alkyl halides is 1. The molecule has 3 nitrogen and oxygen atoms in total. The van der Waals surface area contributed by atoms with E-state index in [9.17, 15) is 0 Å². The standard InChI is InChI=1S/C16H13IN2OS/c17-8-11-9-18-16(21-11)19-10-5-6-15-13(7-10)12-3-1-2-4-14(12)20-15/h1-7,11H,8-9H2,(H,18,19)/t11-/m1/s1. The number of halogens is 1. The Labute approximate surface area is 140 Å². The molecule has 1 aliphatic heterocycles. The summed E-state index contributed by atoms with van der Waals surface area (Å²) in [6, 6.07) is 14.3. The molecular formula is C16H13IN2OS. The van der Waals surface area contributed by atoms with E-state index >= 15 is 0 Å². The maximum atomic E-state index is 5.85. The lowest BCUT2D eigenvalue weighted by Crippen LogP contribution is -2.08. The van der Waals surface area contributed by atoms with Crippen LogP contribution >= 0.6 is 34.4 Å². The van der Waals surface area contributed by atoms with E-state index < -0.39 is 0 Å². The third-order valence-electron chi connectivity index (χ3n) is 3.52. The van der Waals surface area contributed by atoms with Crippen LogP contribution in [0.5, 0.6) is 0 Å². The molecule has 2 aromatic carbocycles. The summed E-state index contributed by atoms with van der Waals surface area (Å²) in [5.41, 5.74) is 2.92. The molecule has 0 bridgehead atoms. The van der Waals surface area contributed by atoms with E-state index in [-0.39, 0.29) is 0 Å². The largest absolute Gasteiger partial charge is 0.456 e. The number of nitrogens with one attached hydrogen (secondary N) is 1. The zero-order chi connectivity index (χ0) is 14.2. The summed E-state index contributed by atoms with van der Waals surface area (Å²) in [5, 5.41) is 7.34. The van der Waals surface area contributed by atoms with Gasteiger partial charge in [0, 0.05) is 26.1 Å². The second kappa shape index (κ2) is 5.53. The fourth-order valence-corrected chi connectivity index (χ4v) is 4.17. The van der Waals surface area contributed by atoms with Gasteiger partial charge >= 0.3 is 0 Å². The summed E-state index contributed by atoms with van der Waals surface area (Å²) in [6.07, 6.45) is 0. The van der Waals surface area contributed by atoms with Gasteiger partial charge in [0.15, 0.2) is 5.17 Å². The first kappa shape index (κ1) is 13.5. The molecule has 1 N–H and O–H groups in total. The molecule has 0 aliphatic carbocycles. The van der Waals surface area contributed by atoms with E-state index in [4.69, 9.17) is 4.42 Å². The minimum Gasteiger partial charge on any atom is -0.456 e.